The Morgan fingerprint density at radius 3 is 3.36 bits per heavy atom. The zero-order valence-electron chi connectivity index (χ0n) is 7.94. The molecule has 78 valence electrons. The molecule has 1 aromatic rings. The van der Waals surface area contributed by atoms with Crippen LogP contribution in [-0.2, 0) is 16.0 Å². The van der Waals surface area contributed by atoms with E-state index in [1.54, 1.807) is 11.3 Å². The molecule has 1 aliphatic heterocycles. The first kappa shape index (κ1) is 10.0. The van der Waals surface area contributed by atoms with Gasteiger partial charge in [0.05, 0.1) is 18.2 Å². The van der Waals surface area contributed by atoms with Gasteiger partial charge >= 0.3 is 0 Å². The standard InChI is InChI=1S/C9H14N2O2S/c1-2-12-7-13-8(1)3-10-4-9-5-11-6-14-9/h5-6,8,10H,1-4,7H2. The predicted molar refractivity (Wildman–Crippen MR) is 54.1 cm³/mol. The van der Waals surface area contributed by atoms with Crippen LogP contribution >= 0.6 is 11.3 Å². The monoisotopic (exact) mass is 214 g/mol. The molecule has 4 nitrogen and oxygen atoms in total. The molecule has 2 rings (SSSR count). The molecule has 0 spiro atoms. The van der Waals surface area contributed by atoms with Crippen molar-refractivity contribution in [3.8, 4) is 0 Å². The fraction of sp³-hybridized carbons (Fsp3) is 0.667. The van der Waals surface area contributed by atoms with Crippen LogP contribution in [0, 0.1) is 0 Å². The highest BCUT2D eigenvalue weighted by molar-refractivity contribution is 7.09. The van der Waals surface area contributed by atoms with Crippen LogP contribution in [0.5, 0.6) is 0 Å². The molecule has 0 aliphatic carbocycles. The van der Waals surface area contributed by atoms with Gasteiger partial charge in [-0.2, -0.15) is 0 Å². The van der Waals surface area contributed by atoms with E-state index < -0.39 is 0 Å². The van der Waals surface area contributed by atoms with Crippen molar-refractivity contribution in [2.75, 3.05) is 19.9 Å². The normalized spacial score (nSPS) is 22.4. The number of nitrogens with one attached hydrogen (secondary N) is 1. The number of rotatable bonds is 4. The molecule has 1 saturated heterocycles. The summed E-state index contributed by atoms with van der Waals surface area (Å²) in [6, 6.07) is 0. The molecular weight excluding hydrogens is 200 g/mol. The van der Waals surface area contributed by atoms with Gasteiger partial charge in [0, 0.05) is 24.2 Å². The molecule has 1 atom stereocenters. The molecule has 0 radical (unpaired) electrons. The number of aromatic nitrogens is 1. The second-order valence-electron chi connectivity index (χ2n) is 3.20. The summed E-state index contributed by atoms with van der Waals surface area (Å²) in [5, 5.41) is 3.35. The summed E-state index contributed by atoms with van der Waals surface area (Å²) in [5.74, 6) is 0. The molecule has 2 heterocycles. The van der Waals surface area contributed by atoms with Gasteiger partial charge in [-0.25, -0.2) is 0 Å². The molecule has 5 heteroatoms. The van der Waals surface area contributed by atoms with Crippen LogP contribution in [-0.4, -0.2) is 31.0 Å². The van der Waals surface area contributed by atoms with E-state index in [0.717, 1.165) is 26.1 Å². The highest BCUT2D eigenvalue weighted by atomic mass is 32.1. The van der Waals surface area contributed by atoms with Crippen LogP contribution in [0.1, 0.15) is 11.3 Å². The second kappa shape index (κ2) is 5.41. The lowest BCUT2D eigenvalue weighted by Gasteiger charge is -2.22. The zero-order valence-corrected chi connectivity index (χ0v) is 8.76. The maximum Gasteiger partial charge on any atom is 0.147 e. The second-order valence-corrected chi connectivity index (χ2v) is 4.17. The van der Waals surface area contributed by atoms with Crippen molar-refractivity contribution in [1.29, 1.82) is 0 Å². The van der Waals surface area contributed by atoms with E-state index in [-0.39, 0.29) is 0 Å². The number of hydrogen-bond donors (Lipinski definition) is 1. The van der Waals surface area contributed by atoms with Crippen molar-refractivity contribution < 1.29 is 9.47 Å². The Kier molecular flexibility index (Phi) is 3.88. The Hall–Kier alpha value is -0.490. The first-order valence-corrected chi connectivity index (χ1v) is 5.60. The molecule has 0 aromatic carbocycles. The Balaban J connectivity index is 1.62. The van der Waals surface area contributed by atoms with Crippen LogP contribution in [0.3, 0.4) is 0 Å². The maximum absolute atomic E-state index is 5.40. The summed E-state index contributed by atoms with van der Waals surface area (Å²) < 4.78 is 10.5. The summed E-state index contributed by atoms with van der Waals surface area (Å²) in [5.41, 5.74) is 1.85. The number of nitrogens with zero attached hydrogens (tertiary/aromatic N) is 1. The molecule has 0 saturated carbocycles. The topological polar surface area (TPSA) is 43.4 Å². The quantitative estimate of drug-likeness (QED) is 0.812. The number of thiazole rings is 1. The summed E-state index contributed by atoms with van der Waals surface area (Å²) >= 11 is 1.67. The van der Waals surface area contributed by atoms with E-state index in [9.17, 15) is 0 Å². The van der Waals surface area contributed by atoms with Crippen molar-refractivity contribution in [3.63, 3.8) is 0 Å². The van der Waals surface area contributed by atoms with Gasteiger partial charge in [0.15, 0.2) is 0 Å². The lowest BCUT2D eigenvalue weighted by molar-refractivity contribution is -0.137. The summed E-state index contributed by atoms with van der Waals surface area (Å²) in [7, 11) is 0. The Morgan fingerprint density at radius 2 is 2.64 bits per heavy atom. The Morgan fingerprint density at radius 1 is 1.64 bits per heavy atom. The van der Waals surface area contributed by atoms with Gasteiger partial charge in [-0.15, -0.1) is 11.3 Å². The molecule has 1 aliphatic rings. The molecule has 14 heavy (non-hydrogen) atoms. The first-order chi connectivity index (χ1) is 6.95. The number of hydrogen-bond acceptors (Lipinski definition) is 5. The van der Waals surface area contributed by atoms with E-state index in [4.69, 9.17) is 9.47 Å². The van der Waals surface area contributed by atoms with Crippen molar-refractivity contribution in [3.05, 3.63) is 16.6 Å². The molecule has 0 amide bonds. The van der Waals surface area contributed by atoms with E-state index in [0.29, 0.717) is 12.9 Å². The minimum Gasteiger partial charge on any atom is -0.355 e. The third-order valence-electron chi connectivity index (χ3n) is 2.13. The zero-order chi connectivity index (χ0) is 9.64. The lowest BCUT2D eigenvalue weighted by atomic mass is 10.2. The van der Waals surface area contributed by atoms with Gasteiger partial charge in [0.25, 0.3) is 0 Å². The number of ether oxygens (including phenoxy) is 2. The van der Waals surface area contributed by atoms with Gasteiger partial charge in [0.1, 0.15) is 6.79 Å². The third-order valence-corrected chi connectivity index (χ3v) is 2.91. The fourth-order valence-corrected chi connectivity index (χ4v) is 1.91. The highest BCUT2D eigenvalue weighted by Gasteiger charge is 2.13. The third kappa shape index (κ3) is 3.02. The Bertz CT molecular complexity index is 247. The largest absolute Gasteiger partial charge is 0.355 e. The highest BCUT2D eigenvalue weighted by Crippen LogP contribution is 2.07. The van der Waals surface area contributed by atoms with E-state index in [2.05, 4.69) is 10.3 Å². The maximum atomic E-state index is 5.40. The van der Waals surface area contributed by atoms with E-state index in [1.807, 2.05) is 11.7 Å². The van der Waals surface area contributed by atoms with E-state index >= 15 is 0 Å². The van der Waals surface area contributed by atoms with Gasteiger partial charge < -0.3 is 14.8 Å². The predicted octanol–water partition coefficient (Wildman–Crippen LogP) is 0.996. The van der Waals surface area contributed by atoms with Crippen molar-refractivity contribution in [2.45, 2.75) is 19.1 Å². The molecule has 1 unspecified atom stereocenters. The average molecular weight is 214 g/mol. The minimum absolute atomic E-state index is 0.302. The molecule has 1 fully saturated rings. The lowest BCUT2D eigenvalue weighted by Crippen LogP contribution is -2.33. The SMILES string of the molecule is c1ncc(CNCC2CCOCO2)s1. The van der Waals surface area contributed by atoms with E-state index in [1.165, 1.54) is 4.88 Å². The van der Waals surface area contributed by atoms with Crippen LogP contribution in [0.25, 0.3) is 0 Å². The summed E-state index contributed by atoms with van der Waals surface area (Å²) in [6.45, 7) is 3.02. The molecule has 0 bridgehead atoms. The van der Waals surface area contributed by atoms with Crippen molar-refractivity contribution in [2.24, 2.45) is 0 Å². The molecular formula is C9H14N2O2S. The molecule has 1 N–H and O–H groups in total. The first-order valence-electron chi connectivity index (χ1n) is 4.72. The van der Waals surface area contributed by atoms with Crippen LogP contribution < -0.4 is 5.32 Å². The van der Waals surface area contributed by atoms with Crippen molar-refractivity contribution >= 4 is 11.3 Å². The van der Waals surface area contributed by atoms with Gasteiger partial charge in [-0.1, -0.05) is 0 Å². The van der Waals surface area contributed by atoms with Gasteiger partial charge in [-0.3, -0.25) is 4.98 Å². The van der Waals surface area contributed by atoms with Crippen molar-refractivity contribution in [1.82, 2.24) is 10.3 Å². The smallest absolute Gasteiger partial charge is 0.147 e. The van der Waals surface area contributed by atoms with Crippen LogP contribution in [0.4, 0.5) is 0 Å². The van der Waals surface area contributed by atoms with Gasteiger partial charge in [0.2, 0.25) is 0 Å². The van der Waals surface area contributed by atoms with Gasteiger partial charge in [-0.05, 0) is 6.42 Å². The average Bonchev–Trinajstić information content (AvgIpc) is 2.72. The van der Waals surface area contributed by atoms with Crippen LogP contribution in [0.2, 0.25) is 0 Å². The summed E-state index contributed by atoms with van der Waals surface area (Å²) in [6.07, 6.45) is 3.18. The fourth-order valence-electron chi connectivity index (χ4n) is 1.35. The van der Waals surface area contributed by atoms with Crippen LogP contribution in [0.15, 0.2) is 11.7 Å². The molecule has 1 aromatic heterocycles. The summed E-state index contributed by atoms with van der Waals surface area (Å²) in [4.78, 5) is 5.28. The Labute approximate surface area is 87.3 Å². The minimum atomic E-state index is 0.302.